The van der Waals surface area contributed by atoms with Crippen LogP contribution in [0, 0.1) is 5.92 Å². The largest absolute Gasteiger partial charge is 0.480 e. The fraction of sp³-hybridized carbons (Fsp3) is 0.769. The lowest BCUT2D eigenvalue weighted by Gasteiger charge is -2.33. The Bertz CT molecular complexity index is 400. The van der Waals surface area contributed by atoms with Crippen LogP contribution < -0.4 is 0 Å². The van der Waals surface area contributed by atoms with Crippen molar-refractivity contribution < 1.29 is 34.4 Å². The normalized spacial score (nSPS) is 14.4. The molecule has 0 aliphatic carbocycles. The SMILES string of the molecule is CC(C)[C@H](C(=O)O)N(CC(O)C(=O)O)C(=O)OC(C)(C)C. The molecular formula is C13H23NO7. The van der Waals surface area contributed by atoms with Crippen molar-refractivity contribution >= 4 is 18.0 Å². The van der Waals surface area contributed by atoms with Crippen LogP contribution in [0.1, 0.15) is 34.6 Å². The van der Waals surface area contributed by atoms with Gasteiger partial charge in [-0.15, -0.1) is 0 Å². The summed E-state index contributed by atoms with van der Waals surface area (Å²) >= 11 is 0. The number of carbonyl (C=O) groups excluding carboxylic acids is 1. The van der Waals surface area contributed by atoms with E-state index in [0.717, 1.165) is 4.90 Å². The van der Waals surface area contributed by atoms with Crippen LogP contribution in [0.15, 0.2) is 0 Å². The fourth-order valence-corrected chi connectivity index (χ4v) is 1.66. The molecule has 0 aliphatic rings. The lowest BCUT2D eigenvalue weighted by Crippen LogP contribution is -2.53. The first-order valence-corrected chi connectivity index (χ1v) is 6.50. The summed E-state index contributed by atoms with van der Waals surface area (Å²) in [6, 6.07) is -1.30. The monoisotopic (exact) mass is 305 g/mol. The summed E-state index contributed by atoms with van der Waals surface area (Å²) in [5.41, 5.74) is -0.871. The number of carbonyl (C=O) groups is 3. The van der Waals surface area contributed by atoms with E-state index in [2.05, 4.69) is 0 Å². The second-order valence-corrected chi connectivity index (χ2v) is 6.01. The van der Waals surface area contributed by atoms with Gasteiger partial charge >= 0.3 is 18.0 Å². The van der Waals surface area contributed by atoms with Crippen molar-refractivity contribution in [3.63, 3.8) is 0 Å². The van der Waals surface area contributed by atoms with Crippen molar-refractivity contribution in [3.8, 4) is 0 Å². The van der Waals surface area contributed by atoms with Crippen molar-refractivity contribution in [2.24, 2.45) is 5.92 Å². The van der Waals surface area contributed by atoms with Gasteiger partial charge in [0.05, 0.1) is 6.54 Å². The highest BCUT2D eigenvalue weighted by Crippen LogP contribution is 2.17. The summed E-state index contributed by atoms with van der Waals surface area (Å²) in [5.74, 6) is -3.33. The number of carboxylic acids is 2. The number of ether oxygens (including phenoxy) is 1. The third-order valence-corrected chi connectivity index (χ3v) is 2.50. The summed E-state index contributed by atoms with van der Waals surface area (Å²) in [6.07, 6.45) is -2.87. The molecule has 21 heavy (non-hydrogen) atoms. The molecule has 122 valence electrons. The van der Waals surface area contributed by atoms with E-state index in [4.69, 9.17) is 9.84 Å². The van der Waals surface area contributed by atoms with Crippen molar-refractivity contribution in [1.29, 1.82) is 0 Å². The molecule has 0 rings (SSSR count). The number of aliphatic hydroxyl groups excluding tert-OH is 1. The third-order valence-electron chi connectivity index (χ3n) is 2.50. The zero-order valence-electron chi connectivity index (χ0n) is 12.9. The summed E-state index contributed by atoms with van der Waals surface area (Å²) in [4.78, 5) is 34.9. The lowest BCUT2D eigenvalue weighted by molar-refractivity contribution is -0.152. The highest BCUT2D eigenvalue weighted by atomic mass is 16.6. The summed E-state index contributed by atoms with van der Waals surface area (Å²) in [7, 11) is 0. The van der Waals surface area contributed by atoms with E-state index in [-0.39, 0.29) is 0 Å². The molecule has 8 heteroatoms. The highest BCUT2D eigenvalue weighted by molar-refractivity contribution is 5.81. The maximum Gasteiger partial charge on any atom is 0.411 e. The minimum atomic E-state index is -1.89. The smallest absolute Gasteiger partial charge is 0.411 e. The van der Waals surface area contributed by atoms with Crippen LogP contribution >= 0.6 is 0 Å². The maximum absolute atomic E-state index is 12.1. The average molecular weight is 305 g/mol. The van der Waals surface area contributed by atoms with Crippen molar-refractivity contribution in [1.82, 2.24) is 4.90 Å². The van der Waals surface area contributed by atoms with Gasteiger partial charge in [-0.2, -0.15) is 0 Å². The Morgan fingerprint density at radius 1 is 1.10 bits per heavy atom. The predicted octanol–water partition coefficient (Wildman–Crippen LogP) is 0.778. The van der Waals surface area contributed by atoms with E-state index in [0.29, 0.717) is 0 Å². The van der Waals surface area contributed by atoms with Crippen LogP contribution in [-0.2, 0) is 14.3 Å². The van der Waals surface area contributed by atoms with Gasteiger partial charge < -0.3 is 20.1 Å². The topological polar surface area (TPSA) is 124 Å². The Balaban J connectivity index is 5.39. The number of rotatable bonds is 6. The summed E-state index contributed by atoms with van der Waals surface area (Å²) < 4.78 is 5.08. The molecule has 0 bridgehead atoms. The van der Waals surface area contributed by atoms with E-state index in [1.165, 1.54) is 0 Å². The van der Waals surface area contributed by atoms with Gasteiger partial charge in [0, 0.05) is 0 Å². The molecule has 0 spiro atoms. The summed E-state index contributed by atoms with van der Waals surface area (Å²) in [5, 5.41) is 27.4. The molecule has 0 radical (unpaired) electrons. The van der Waals surface area contributed by atoms with Crippen LogP contribution in [0.25, 0.3) is 0 Å². The Morgan fingerprint density at radius 3 is 1.86 bits per heavy atom. The summed E-state index contributed by atoms with van der Waals surface area (Å²) in [6.45, 7) is 7.28. The second-order valence-electron chi connectivity index (χ2n) is 6.01. The van der Waals surface area contributed by atoms with Gasteiger partial charge in [-0.05, 0) is 26.7 Å². The first-order chi connectivity index (χ1) is 9.36. The number of hydrogen-bond donors (Lipinski definition) is 3. The van der Waals surface area contributed by atoms with Gasteiger partial charge in [-0.25, -0.2) is 14.4 Å². The van der Waals surface area contributed by atoms with E-state index in [1.807, 2.05) is 0 Å². The molecule has 8 nitrogen and oxygen atoms in total. The molecule has 3 N–H and O–H groups in total. The number of carboxylic acid groups (broad SMARTS) is 2. The number of nitrogens with zero attached hydrogens (tertiary/aromatic N) is 1. The third kappa shape index (κ3) is 6.44. The van der Waals surface area contributed by atoms with E-state index < -0.39 is 48.2 Å². The molecule has 0 aromatic heterocycles. The van der Waals surface area contributed by atoms with Gasteiger partial charge in [0.2, 0.25) is 0 Å². The van der Waals surface area contributed by atoms with Crippen LogP contribution in [0.4, 0.5) is 4.79 Å². The zero-order chi connectivity index (χ0) is 17.0. The lowest BCUT2D eigenvalue weighted by atomic mass is 10.0. The van der Waals surface area contributed by atoms with E-state index >= 15 is 0 Å². The molecule has 1 unspecified atom stereocenters. The van der Waals surface area contributed by atoms with Crippen molar-refractivity contribution in [2.75, 3.05) is 6.54 Å². The molecule has 2 atom stereocenters. The van der Waals surface area contributed by atoms with Gasteiger partial charge in [0.1, 0.15) is 11.6 Å². The Kier molecular flexibility index (Phi) is 6.62. The molecule has 0 aromatic carbocycles. The van der Waals surface area contributed by atoms with E-state index in [9.17, 15) is 24.6 Å². The predicted molar refractivity (Wildman–Crippen MR) is 72.8 cm³/mol. The number of aliphatic carboxylic acids is 2. The first-order valence-electron chi connectivity index (χ1n) is 6.50. The quantitative estimate of drug-likeness (QED) is 0.662. The van der Waals surface area contributed by atoms with Crippen LogP contribution in [0.2, 0.25) is 0 Å². The van der Waals surface area contributed by atoms with Crippen LogP contribution in [0.5, 0.6) is 0 Å². The van der Waals surface area contributed by atoms with Gasteiger partial charge in [0.25, 0.3) is 0 Å². The van der Waals surface area contributed by atoms with Gasteiger partial charge in [0.15, 0.2) is 6.10 Å². The number of hydrogen-bond acceptors (Lipinski definition) is 5. The Hall–Kier alpha value is -1.83. The van der Waals surface area contributed by atoms with Crippen molar-refractivity contribution in [2.45, 2.75) is 52.4 Å². The standard InChI is InChI=1S/C13H23NO7/c1-7(2)9(11(18)19)14(6-8(15)10(16)17)12(20)21-13(3,4)5/h7-9,15H,6H2,1-5H3,(H,16,17)(H,18,19)/t8?,9-/m1/s1. The molecule has 0 aliphatic heterocycles. The van der Waals surface area contributed by atoms with Gasteiger partial charge in [-0.3, -0.25) is 4.90 Å². The minimum Gasteiger partial charge on any atom is -0.480 e. The van der Waals surface area contributed by atoms with Crippen LogP contribution in [-0.4, -0.2) is 62.5 Å². The fourth-order valence-electron chi connectivity index (χ4n) is 1.66. The molecule has 1 amide bonds. The number of aliphatic hydroxyl groups is 1. The Labute approximate surface area is 123 Å². The molecule has 0 aromatic rings. The molecule has 0 saturated carbocycles. The van der Waals surface area contributed by atoms with Crippen molar-refractivity contribution in [3.05, 3.63) is 0 Å². The molecule has 0 heterocycles. The average Bonchev–Trinajstić information content (AvgIpc) is 2.23. The number of amides is 1. The zero-order valence-corrected chi connectivity index (χ0v) is 12.9. The Morgan fingerprint density at radius 2 is 1.57 bits per heavy atom. The second kappa shape index (κ2) is 7.26. The van der Waals surface area contributed by atoms with E-state index in [1.54, 1.807) is 34.6 Å². The highest BCUT2D eigenvalue weighted by Gasteiger charge is 2.37. The first kappa shape index (κ1) is 19.2. The minimum absolute atomic E-state index is 0.490. The molecule has 0 saturated heterocycles. The van der Waals surface area contributed by atoms with Gasteiger partial charge in [-0.1, -0.05) is 13.8 Å². The molecule has 0 fully saturated rings. The maximum atomic E-state index is 12.1. The van der Waals surface area contributed by atoms with Crippen LogP contribution in [0.3, 0.4) is 0 Å². The molecular weight excluding hydrogens is 282 g/mol.